The Morgan fingerprint density at radius 2 is 0.432 bits per heavy atom. The zero-order chi connectivity index (χ0) is 146. The molecule has 0 radical (unpaired) electrons. The average molecular weight is 1950 g/mol. The summed E-state index contributed by atoms with van der Waals surface area (Å²) < 4.78 is 521. The maximum Gasteiger partial charge on any atom is 0.0652 e. The van der Waals surface area contributed by atoms with E-state index in [1.54, 1.807) is 39.5 Å². The molecule has 32 aromatic rings. The van der Waals surface area contributed by atoms with Crippen LogP contribution in [0.15, 0.2) is 532 Å². The quantitative estimate of drug-likeness (QED) is 0.124. The predicted molar refractivity (Wildman–Crippen MR) is 626 cm³/mol. The molecule has 0 unspecified atom stereocenters. The molecular weight excluding hydrogens is 1800 g/mol. The van der Waals surface area contributed by atoms with Crippen molar-refractivity contribution in [2.24, 2.45) is 0 Å². The van der Waals surface area contributed by atoms with Crippen molar-refractivity contribution in [2.45, 2.75) is 6.92 Å². The van der Waals surface area contributed by atoms with Gasteiger partial charge in [0.05, 0.1) is 176 Å². The summed E-state index contributed by atoms with van der Waals surface area (Å²) in [5.41, 5.74) is -0.582. The van der Waals surface area contributed by atoms with Crippen molar-refractivity contribution in [3.8, 4) is 73.4 Å². The molecule has 32 rings (SSSR count). The van der Waals surface area contributed by atoms with Gasteiger partial charge in [-0.15, -0.1) is 0 Å². The number of para-hydroxylation sites is 12. The summed E-state index contributed by atoms with van der Waals surface area (Å²) in [5, 5.41) is -1.77. The van der Waals surface area contributed by atoms with Gasteiger partial charge in [-0.05, 0) is 253 Å². The number of aromatic nitrogens is 9. The van der Waals surface area contributed by atoms with Gasteiger partial charge in [0.1, 0.15) is 0 Å². The second kappa shape index (κ2) is 33.7. The molecule has 0 saturated heterocycles. The monoisotopic (exact) mass is 1950 g/mol. The molecule has 0 N–H and O–H groups in total. The van der Waals surface area contributed by atoms with E-state index in [0.717, 1.165) is 84.7 Å². The van der Waals surface area contributed by atoms with Crippen LogP contribution in [-0.2, 0) is 0 Å². The molecule has 0 bridgehead atoms. The molecule has 23 aromatic carbocycles. The van der Waals surface area contributed by atoms with Crippen LogP contribution in [0.1, 0.15) is 83.8 Å². The van der Waals surface area contributed by atoms with E-state index in [9.17, 15) is 32.9 Å². The fourth-order valence-electron chi connectivity index (χ4n) is 20.8. The van der Waals surface area contributed by atoms with Crippen molar-refractivity contribution in [2.75, 3.05) is 0 Å². The van der Waals surface area contributed by atoms with Gasteiger partial charge in [-0.1, -0.05) is 315 Å². The lowest BCUT2D eigenvalue weighted by molar-refractivity contribution is 1.16. The molecule has 694 valence electrons. The van der Waals surface area contributed by atoms with Crippen molar-refractivity contribution in [1.29, 1.82) is 0 Å². The molecule has 0 amide bonds. The van der Waals surface area contributed by atoms with Crippen LogP contribution in [0.5, 0.6) is 0 Å². The van der Waals surface area contributed by atoms with Crippen molar-refractivity contribution < 1.29 is 78.2 Å². The van der Waals surface area contributed by atoms with Gasteiger partial charge in [0.25, 0.3) is 0 Å². The highest BCUT2D eigenvalue weighted by Crippen LogP contribution is 2.50. The Kier molecular flexibility index (Phi) is 10.4. The highest BCUT2D eigenvalue weighted by molar-refractivity contribution is 6.33. The predicted octanol–water partition coefficient (Wildman–Crippen LogP) is 36.8. The number of nitrogens with zero attached hydrogens (tertiary/aromatic N) is 9. The Morgan fingerprint density at radius 3 is 0.878 bits per heavy atom. The SMILES string of the molecule is [2HH].[2H]c1c([2H])c([2H])c2c(c1[2H])c1c3c4c([2H])c([2H])c([2H])c([2H])c4n(-c4ccc5c(c4)c4ccccc4n5-c4ccccc4)c3c([2H])c([2H])c1n2-c1cccc(-c2ccccc2)c1.[2H]c1cc([2H])c2c3c([2H])c(-n4c5c([2H])c([2H])c([2H])c([2H])c5c5c6c7c([2H])c([2H])c([2H])c([2H])c7n(-c7c([2H])c([2H])c([2H])c(C)c7[2H])c6c([2H])c([2H])c54)c([2H])c([2H])c3n(-c3c([2H])c([2H])c([2H])c([2H])c3[2H])c2c1[2H].[2H]c1cc([2H])c2c3c([2H])c(-n4c5c([2H])c([2H])c([2H])c([2H])c5c5c6c7c([2H])c([2H])c([2H])c([2H])c7n(-c7ccc(-c8ccccc8)cc7)c6c([2H])c([2H])c54)c([2H])c([2H])c3n(-c3c([2H])c([2H])c([2H])c([2H])c3[2H])c2c1[2H]. The molecule has 9 nitrogen and oxygen atoms in total. The van der Waals surface area contributed by atoms with E-state index in [1.807, 2.05) is 152 Å². The van der Waals surface area contributed by atoms with Crippen molar-refractivity contribution in [3.05, 3.63) is 538 Å². The van der Waals surface area contributed by atoms with Gasteiger partial charge in [0.2, 0.25) is 0 Å². The molecule has 0 aliphatic heterocycles. The number of benzene rings is 23. The molecule has 0 aliphatic rings. The Labute approximate surface area is 931 Å². The molecular formula is C139H93N9. The summed E-state index contributed by atoms with van der Waals surface area (Å²) in [4.78, 5) is 0. The van der Waals surface area contributed by atoms with Crippen LogP contribution >= 0.6 is 0 Å². The lowest BCUT2D eigenvalue weighted by Crippen LogP contribution is -1.96. The second-order valence-electron chi connectivity index (χ2n) is 34.7. The lowest BCUT2D eigenvalue weighted by atomic mass is 10.0. The van der Waals surface area contributed by atoms with E-state index >= 15 is 0 Å². The van der Waals surface area contributed by atoms with Crippen LogP contribution < -0.4 is 0 Å². The van der Waals surface area contributed by atoms with Crippen molar-refractivity contribution in [3.63, 3.8) is 0 Å². The minimum atomic E-state index is -0.962. The first-order valence-corrected chi connectivity index (χ1v) is 46.4. The molecule has 0 atom stereocenters. The summed E-state index contributed by atoms with van der Waals surface area (Å²) in [6.45, 7) is 1.31. The van der Waals surface area contributed by atoms with Gasteiger partial charge in [-0.2, -0.15) is 0 Å². The van der Waals surface area contributed by atoms with Crippen LogP contribution in [0.25, 0.3) is 270 Å². The fourth-order valence-corrected chi connectivity index (χ4v) is 20.8. The number of hydrogen-bond acceptors (Lipinski definition) is 0. The molecule has 148 heavy (non-hydrogen) atoms. The number of fused-ring (bicyclic) bond motifs is 30. The van der Waals surface area contributed by atoms with Crippen molar-refractivity contribution in [1.82, 2.24) is 41.1 Å². The molecule has 9 heteroatoms. The standard InChI is InChI=1S/2C48H31N3.C43H29N3.H2/c1-3-14-32(15-4-1)33-16-13-19-35(30-33)50-42-24-11-8-21-38(42)47-45(50)28-29-46-48(47)39-22-9-12-25-43(39)51(46)36-26-27-44-40(31-36)37-20-7-10-23-41(37)49(44)34-17-5-2-6-18-34;1-3-13-32(14-4-1)33-23-25-35(26-24-33)50-42-21-11-8-18-38(42)47-45(50)29-30-46-48(47)39-19-9-12-22-43(39)51(46)36-27-28-44-40(31-36)37-17-7-10-20-41(37)49(44)34-15-5-2-6-16-34;1-28-12-11-15-30(26-28)45-37-20-9-6-17-33(37)42-40(45)24-25-41-43(42)34-18-7-10-21-38(34)46(41)31-22-23-39-35(27-31)32-16-5-8-19-36(32)44(39)29-13-3-2-4-14-29;/h2*1-31H;2-27H,1H3;1H/i8D,9D,11D,12D,21D,22D,24D,25D,28D,29D;2D,5D,6D,8D,9D,10D,11D,12D,15D,16D,17D,18D,19D,20D,21D,22D,27D,28D,29D,30D,31D;2D,3D,4D,6D,7D,8D,9D,10D,11D,12D,13D,14D,15D,16D,17D,18D,19D,20D,21D,22D,23D,24D,25D,26D,27D;1+1. The highest BCUT2D eigenvalue weighted by atomic mass is 15.1. The minimum absolute atomic E-state index is 0. The molecule has 9 heterocycles. The number of rotatable bonds is 11. The third kappa shape index (κ3) is 12.9. The van der Waals surface area contributed by atoms with Gasteiger partial charge in [0.15, 0.2) is 0 Å². The van der Waals surface area contributed by atoms with E-state index in [-0.39, 0.29) is 136 Å². The molecule has 0 saturated carbocycles. The minimum Gasteiger partial charge on any atom is -0.309 e. The van der Waals surface area contributed by atoms with E-state index < -0.39 is 413 Å². The molecule has 9 aromatic heterocycles. The average Bonchev–Trinajstić information content (AvgIpc) is 1.51. The molecule has 0 fully saturated rings. The van der Waals surface area contributed by atoms with Crippen LogP contribution in [0.4, 0.5) is 0 Å². The summed E-state index contributed by atoms with van der Waals surface area (Å²) in [6, 6.07) is 20.6. The summed E-state index contributed by atoms with van der Waals surface area (Å²) in [5.74, 6) is 0. The van der Waals surface area contributed by atoms with Gasteiger partial charge < -0.3 is 41.1 Å². The van der Waals surface area contributed by atoms with E-state index in [0.29, 0.717) is 17.1 Å². The van der Waals surface area contributed by atoms with E-state index in [2.05, 4.69) is 4.57 Å². The Balaban J connectivity index is 0.000000133. The molecule has 0 aliphatic carbocycles. The largest absolute Gasteiger partial charge is 0.309 e. The Bertz CT molecular complexity index is 14700. The highest BCUT2D eigenvalue weighted by Gasteiger charge is 2.28. The fraction of sp³-hybridized carbons (Fsp3) is 0.00719. The summed E-state index contributed by atoms with van der Waals surface area (Å²) in [6.07, 6.45) is 0. The van der Waals surface area contributed by atoms with Gasteiger partial charge in [-0.25, -0.2) is 0 Å². The Hall–Kier alpha value is -19.7. The third-order valence-corrected chi connectivity index (χ3v) is 26.8. The first-order valence-electron chi connectivity index (χ1n) is 74.4. The Morgan fingerprint density at radius 1 is 0.142 bits per heavy atom. The van der Waals surface area contributed by atoms with Crippen LogP contribution in [0.2, 0.25) is 0 Å². The van der Waals surface area contributed by atoms with Crippen molar-refractivity contribution >= 4 is 196 Å². The maximum absolute atomic E-state index is 10.0. The first-order chi connectivity index (χ1) is 96.7. The zero-order valence-corrected chi connectivity index (χ0v) is 76.5. The van der Waals surface area contributed by atoms with Crippen LogP contribution in [0, 0.1) is 6.92 Å². The summed E-state index contributed by atoms with van der Waals surface area (Å²) in [7, 11) is 0. The van der Waals surface area contributed by atoms with Crippen LogP contribution in [0.3, 0.4) is 0 Å². The third-order valence-electron chi connectivity index (χ3n) is 26.8. The van der Waals surface area contributed by atoms with Gasteiger partial charge >= 0.3 is 0 Å². The first kappa shape index (κ1) is 45.7. The summed E-state index contributed by atoms with van der Waals surface area (Å²) >= 11 is 0. The van der Waals surface area contributed by atoms with E-state index in [4.69, 9.17) is 43.9 Å². The number of hydrogen-bond donors (Lipinski definition) is 0. The topological polar surface area (TPSA) is 44.4 Å². The molecule has 0 spiro atoms. The lowest BCUT2D eigenvalue weighted by Gasteiger charge is -2.11. The maximum atomic E-state index is 10.0. The van der Waals surface area contributed by atoms with Gasteiger partial charge in [0, 0.05) is 150 Å². The smallest absolute Gasteiger partial charge is 0.0652 e. The van der Waals surface area contributed by atoms with Gasteiger partial charge in [-0.3, -0.25) is 0 Å². The second-order valence-corrected chi connectivity index (χ2v) is 34.7. The normalized spacial score (nSPS) is 17.2. The van der Waals surface area contributed by atoms with Crippen LogP contribution in [-0.4, -0.2) is 41.1 Å². The van der Waals surface area contributed by atoms with E-state index in [1.165, 1.54) is 11.5 Å². The zero-order valence-electron chi connectivity index (χ0n) is 133.